The topological polar surface area (TPSA) is 57.3 Å². The minimum absolute atomic E-state index is 0.00138. The van der Waals surface area contributed by atoms with Crippen LogP contribution in [-0.4, -0.2) is 42.1 Å². The van der Waals surface area contributed by atoms with E-state index in [2.05, 4.69) is 22.5 Å². The van der Waals surface area contributed by atoms with Crippen LogP contribution in [0.25, 0.3) is 0 Å². The first kappa shape index (κ1) is 16.2. The number of hydrogen-bond donors (Lipinski definition) is 2. The molecular weight excluding hydrogens is 311 g/mol. The Hall–Kier alpha value is -1.20. The summed E-state index contributed by atoms with van der Waals surface area (Å²) >= 11 is 11.8. The zero-order chi connectivity index (χ0) is 15.2. The maximum atomic E-state index is 12.0. The van der Waals surface area contributed by atoms with Crippen LogP contribution < -0.4 is 10.6 Å². The maximum absolute atomic E-state index is 12.0. The van der Waals surface area contributed by atoms with Crippen molar-refractivity contribution >= 4 is 35.1 Å². The highest BCUT2D eigenvalue weighted by Gasteiger charge is 2.20. The molecule has 2 N–H and O–H groups in total. The van der Waals surface area contributed by atoms with E-state index in [1.54, 1.807) is 6.07 Å². The number of anilines is 1. The molecule has 1 aromatic rings. The fourth-order valence-corrected chi connectivity index (χ4v) is 2.83. The maximum Gasteiger partial charge on any atom is 0.317 e. The van der Waals surface area contributed by atoms with Crippen LogP contribution in [0.5, 0.6) is 0 Å². The normalized spacial score (nSPS) is 18.4. The molecule has 5 nitrogen and oxygen atoms in total. The molecule has 7 heteroatoms. The van der Waals surface area contributed by atoms with E-state index >= 15 is 0 Å². The number of aromatic nitrogens is 1. The zero-order valence-electron chi connectivity index (χ0n) is 12.0. The number of hydrogen-bond acceptors (Lipinski definition) is 3. The molecule has 0 aromatic carbocycles. The van der Waals surface area contributed by atoms with Crippen LogP contribution in [0.3, 0.4) is 0 Å². The lowest BCUT2D eigenvalue weighted by Gasteiger charge is -2.30. The standard InChI is InChI=1S/C14H20Cl2N4O/c1-10-3-2-6-20(9-10)14(21)18-5-4-17-13-12(16)7-11(15)8-19-13/h7-8,10H,2-6,9H2,1H3,(H,17,19)(H,18,21)/t10-/m0/s1. The number of amides is 2. The lowest BCUT2D eigenvalue weighted by molar-refractivity contribution is 0.170. The first-order valence-electron chi connectivity index (χ1n) is 7.14. The quantitative estimate of drug-likeness (QED) is 0.833. The average Bonchev–Trinajstić information content (AvgIpc) is 2.45. The van der Waals surface area contributed by atoms with E-state index in [1.165, 1.54) is 12.6 Å². The Morgan fingerprint density at radius 3 is 3.00 bits per heavy atom. The van der Waals surface area contributed by atoms with Crippen LogP contribution in [-0.2, 0) is 0 Å². The van der Waals surface area contributed by atoms with Crippen LogP contribution in [0.2, 0.25) is 10.0 Å². The molecule has 2 amide bonds. The molecule has 2 rings (SSSR count). The highest BCUT2D eigenvalue weighted by atomic mass is 35.5. The van der Waals surface area contributed by atoms with Crippen molar-refractivity contribution in [2.24, 2.45) is 5.92 Å². The highest BCUT2D eigenvalue weighted by molar-refractivity contribution is 6.35. The molecule has 0 bridgehead atoms. The molecule has 1 aliphatic heterocycles. The Morgan fingerprint density at radius 2 is 2.29 bits per heavy atom. The zero-order valence-corrected chi connectivity index (χ0v) is 13.5. The summed E-state index contributed by atoms with van der Waals surface area (Å²) in [6.45, 7) is 4.93. The second kappa shape index (κ2) is 7.71. The predicted octanol–water partition coefficient (Wildman–Crippen LogP) is 3.24. The molecule has 116 valence electrons. The van der Waals surface area contributed by atoms with Gasteiger partial charge in [-0.2, -0.15) is 0 Å². The van der Waals surface area contributed by atoms with E-state index in [1.807, 2.05) is 4.90 Å². The number of urea groups is 1. The van der Waals surface area contributed by atoms with Gasteiger partial charge in [0.25, 0.3) is 0 Å². The highest BCUT2D eigenvalue weighted by Crippen LogP contribution is 2.22. The van der Waals surface area contributed by atoms with E-state index in [9.17, 15) is 4.79 Å². The predicted molar refractivity (Wildman–Crippen MR) is 86.1 cm³/mol. The summed E-state index contributed by atoms with van der Waals surface area (Å²) in [6.07, 6.45) is 3.81. The van der Waals surface area contributed by atoms with Gasteiger partial charge in [0.1, 0.15) is 5.82 Å². The Labute approximate surface area is 135 Å². The SMILES string of the molecule is C[C@H]1CCCN(C(=O)NCCNc2ncc(Cl)cc2Cl)C1. The largest absolute Gasteiger partial charge is 0.367 e. The van der Waals surface area contributed by atoms with Crippen LogP contribution in [0.4, 0.5) is 10.6 Å². The molecule has 21 heavy (non-hydrogen) atoms. The Balaban J connectivity index is 1.70. The molecular formula is C14H20Cl2N4O. The fourth-order valence-electron chi connectivity index (χ4n) is 2.38. The lowest BCUT2D eigenvalue weighted by Crippen LogP contribution is -2.46. The number of halogens is 2. The Morgan fingerprint density at radius 1 is 1.48 bits per heavy atom. The number of nitrogens with one attached hydrogen (secondary N) is 2. The van der Waals surface area contributed by atoms with Gasteiger partial charge >= 0.3 is 6.03 Å². The van der Waals surface area contributed by atoms with Gasteiger partial charge in [-0.05, 0) is 24.8 Å². The molecule has 0 aliphatic carbocycles. The molecule has 0 saturated carbocycles. The third-order valence-electron chi connectivity index (χ3n) is 3.45. The molecule has 1 fully saturated rings. The minimum atomic E-state index is -0.00138. The van der Waals surface area contributed by atoms with Gasteiger partial charge in [-0.3, -0.25) is 0 Å². The number of piperidine rings is 1. The van der Waals surface area contributed by atoms with Gasteiger partial charge in [0, 0.05) is 32.4 Å². The van der Waals surface area contributed by atoms with Crippen LogP contribution >= 0.6 is 23.2 Å². The van der Waals surface area contributed by atoms with Crippen LogP contribution in [0, 0.1) is 5.92 Å². The number of rotatable bonds is 4. The van der Waals surface area contributed by atoms with Gasteiger partial charge in [0.15, 0.2) is 0 Å². The third-order valence-corrected chi connectivity index (χ3v) is 3.94. The van der Waals surface area contributed by atoms with Crippen molar-refractivity contribution in [3.05, 3.63) is 22.3 Å². The number of likely N-dealkylation sites (tertiary alicyclic amines) is 1. The molecule has 0 unspecified atom stereocenters. The summed E-state index contributed by atoms with van der Waals surface area (Å²) in [5.41, 5.74) is 0. The van der Waals surface area contributed by atoms with Crippen molar-refractivity contribution in [1.82, 2.24) is 15.2 Å². The van der Waals surface area contributed by atoms with E-state index in [4.69, 9.17) is 23.2 Å². The van der Waals surface area contributed by atoms with Gasteiger partial charge in [-0.15, -0.1) is 0 Å². The summed E-state index contributed by atoms with van der Waals surface area (Å²) in [4.78, 5) is 18.0. The third kappa shape index (κ3) is 4.93. The van der Waals surface area contributed by atoms with Gasteiger partial charge in [0.2, 0.25) is 0 Å². The molecule has 1 aromatic heterocycles. The van der Waals surface area contributed by atoms with Gasteiger partial charge in [-0.25, -0.2) is 9.78 Å². The van der Waals surface area contributed by atoms with Gasteiger partial charge in [0.05, 0.1) is 10.0 Å². The van der Waals surface area contributed by atoms with Gasteiger partial charge in [-0.1, -0.05) is 30.1 Å². The molecule has 1 atom stereocenters. The van der Waals surface area contributed by atoms with E-state index < -0.39 is 0 Å². The van der Waals surface area contributed by atoms with Crippen LogP contribution in [0.1, 0.15) is 19.8 Å². The minimum Gasteiger partial charge on any atom is -0.367 e. The molecule has 0 radical (unpaired) electrons. The van der Waals surface area contributed by atoms with Crippen molar-refractivity contribution in [3.63, 3.8) is 0 Å². The summed E-state index contributed by atoms with van der Waals surface area (Å²) in [7, 11) is 0. The van der Waals surface area contributed by atoms with Crippen LogP contribution in [0.15, 0.2) is 12.3 Å². The second-order valence-corrected chi connectivity index (χ2v) is 6.18. The van der Waals surface area contributed by atoms with Crippen molar-refractivity contribution in [1.29, 1.82) is 0 Å². The number of carbonyl (C=O) groups excluding carboxylic acids is 1. The van der Waals surface area contributed by atoms with Crippen molar-refractivity contribution in [3.8, 4) is 0 Å². The smallest absolute Gasteiger partial charge is 0.317 e. The molecule has 1 aliphatic rings. The summed E-state index contributed by atoms with van der Waals surface area (Å²) in [5, 5.41) is 6.94. The fraction of sp³-hybridized carbons (Fsp3) is 0.571. The summed E-state index contributed by atoms with van der Waals surface area (Å²) in [5.74, 6) is 1.15. The van der Waals surface area contributed by atoms with E-state index in [0.717, 1.165) is 19.5 Å². The first-order valence-corrected chi connectivity index (χ1v) is 7.89. The van der Waals surface area contributed by atoms with Gasteiger partial charge < -0.3 is 15.5 Å². The second-order valence-electron chi connectivity index (χ2n) is 5.34. The number of nitrogens with zero attached hydrogens (tertiary/aromatic N) is 2. The molecule has 2 heterocycles. The average molecular weight is 331 g/mol. The number of pyridine rings is 1. The van der Waals surface area contributed by atoms with E-state index in [-0.39, 0.29) is 6.03 Å². The van der Waals surface area contributed by atoms with E-state index in [0.29, 0.717) is 34.9 Å². The molecule has 0 spiro atoms. The van der Waals surface area contributed by atoms with Crippen molar-refractivity contribution in [2.45, 2.75) is 19.8 Å². The summed E-state index contributed by atoms with van der Waals surface area (Å²) < 4.78 is 0. The van der Waals surface area contributed by atoms with Crippen molar-refractivity contribution in [2.75, 3.05) is 31.5 Å². The summed E-state index contributed by atoms with van der Waals surface area (Å²) in [6, 6.07) is 1.63. The Bertz CT molecular complexity index is 498. The monoisotopic (exact) mass is 330 g/mol. The first-order chi connectivity index (χ1) is 10.1. The Kier molecular flexibility index (Phi) is 5.94. The van der Waals surface area contributed by atoms with Crippen molar-refractivity contribution < 1.29 is 4.79 Å². The lowest BCUT2D eigenvalue weighted by atomic mass is 10.0. The number of carbonyl (C=O) groups is 1. The molecule has 1 saturated heterocycles.